The van der Waals surface area contributed by atoms with Crippen LogP contribution >= 0.6 is 0 Å². The fraction of sp³-hybridized carbons (Fsp3) is 0.562. The van der Waals surface area contributed by atoms with Crippen molar-refractivity contribution in [1.29, 1.82) is 0 Å². The molecule has 3 N–H and O–H groups in total. The van der Waals surface area contributed by atoms with Gasteiger partial charge in [-0.15, -0.1) is 0 Å². The van der Waals surface area contributed by atoms with E-state index in [0.29, 0.717) is 18.5 Å². The molecule has 0 bridgehead atoms. The average Bonchev–Trinajstić information content (AvgIpc) is 2.80. The molecular formula is C16H23N3O4. The van der Waals surface area contributed by atoms with Crippen molar-refractivity contribution in [1.82, 2.24) is 9.88 Å². The second-order valence-electron chi connectivity index (χ2n) is 6.68. The van der Waals surface area contributed by atoms with Crippen LogP contribution in [0, 0.1) is 5.92 Å². The highest BCUT2D eigenvalue weighted by atomic mass is 16.6. The number of pyridine rings is 1. The Morgan fingerprint density at radius 3 is 2.70 bits per heavy atom. The van der Waals surface area contributed by atoms with Gasteiger partial charge in [-0.3, -0.25) is 19.5 Å². The van der Waals surface area contributed by atoms with Crippen molar-refractivity contribution in [3.8, 4) is 0 Å². The molecule has 1 aliphatic rings. The minimum Gasteiger partial charge on any atom is -0.480 e. The minimum atomic E-state index is -1.02. The van der Waals surface area contributed by atoms with Gasteiger partial charge in [0, 0.05) is 18.9 Å². The van der Waals surface area contributed by atoms with E-state index in [1.54, 1.807) is 44.0 Å². The lowest BCUT2D eigenvalue weighted by Crippen LogP contribution is -2.47. The van der Waals surface area contributed by atoms with Crippen molar-refractivity contribution < 1.29 is 19.4 Å². The maximum absolute atomic E-state index is 12.3. The van der Waals surface area contributed by atoms with Gasteiger partial charge in [0.25, 0.3) is 0 Å². The smallest absolute Gasteiger partial charge is 0.325 e. The van der Waals surface area contributed by atoms with E-state index < -0.39 is 29.7 Å². The molecule has 1 aromatic rings. The van der Waals surface area contributed by atoms with Gasteiger partial charge < -0.3 is 15.6 Å². The Balaban J connectivity index is 2.18. The molecule has 126 valence electrons. The van der Waals surface area contributed by atoms with Gasteiger partial charge in [0.2, 0.25) is 0 Å². The molecule has 3 unspecified atom stereocenters. The maximum Gasteiger partial charge on any atom is 0.325 e. The van der Waals surface area contributed by atoms with Crippen LogP contribution in [0.25, 0.3) is 0 Å². The summed E-state index contributed by atoms with van der Waals surface area (Å²) in [6.07, 6.45) is 2.86. The molecule has 0 radical (unpaired) electrons. The van der Waals surface area contributed by atoms with Crippen molar-refractivity contribution in [2.75, 3.05) is 6.54 Å². The highest BCUT2D eigenvalue weighted by Gasteiger charge is 2.44. The lowest BCUT2D eigenvalue weighted by molar-refractivity contribution is -0.161. The number of rotatable bonds is 4. The zero-order chi connectivity index (χ0) is 17.2. The van der Waals surface area contributed by atoms with E-state index in [2.05, 4.69) is 4.98 Å². The zero-order valence-corrected chi connectivity index (χ0v) is 13.6. The minimum absolute atomic E-state index is 0.386. The number of esters is 1. The second-order valence-corrected chi connectivity index (χ2v) is 6.68. The van der Waals surface area contributed by atoms with Crippen LogP contribution < -0.4 is 5.73 Å². The first-order valence-electron chi connectivity index (χ1n) is 7.57. The van der Waals surface area contributed by atoms with Crippen LogP contribution in [-0.2, 0) is 14.3 Å². The van der Waals surface area contributed by atoms with Gasteiger partial charge in [-0.25, -0.2) is 0 Å². The van der Waals surface area contributed by atoms with Crippen LogP contribution in [0.5, 0.6) is 0 Å². The predicted octanol–water partition coefficient (Wildman–Crippen LogP) is 1.16. The molecule has 7 nitrogen and oxygen atoms in total. The Hall–Kier alpha value is -1.99. The Bertz CT molecular complexity index is 570. The number of aromatic nitrogens is 1. The van der Waals surface area contributed by atoms with Crippen molar-refractivity contribution in [3.05, 3.63) is 30.1 Å². The molecule has 1 saturated heterocycles. The largest absolute Gasteiger partial charge is 0.480 e. The Morgan fingerprint density at radius 2 is 2.17 bits per heavy atom. The number of carboxylic acid groups (broad SMARTS) is 1. The number of hydrogen-bond acceptors (Lipinski definition) is 6. The summed E-state index contributed by atoms with van der Waals surface area (Å²) in [7, 11) is 0. The predicted molar refractivity (Wildman–Crippen MR) is 83.2 cm³/mol. The molecule has 2 rings (SSSR count). The lowest BCUT2D eigenvalue weighted by Gasteiger charge is -2.30. The SMILES string of the molecule is CC(C)(C)OC(=O)C1CCN(C(C(=O)O)c2cccnc2)C1N. The van der Waals surface area contributed by atoms with E-state index in [1.807, 2.05) is 0 Å². The molecule has 0 amide bonds. The summed E-state index contributed by atoms with van der Waals surface area (Å²) in [5.41, 5.74) is 6.10. The molecule has 1 aromatic heterocycles. The van der Waals surface area contributed by atoms with Gasteiger partial charge in [0.05, 0.1) is 12.1 Å². The fourth-order valence-electron chi connectivity index (χ4n) is 2.79. The molecule has 1 aliphatic heterocycles. The molecule has 2 heterocycles. The number of nitrogens with two attached hydrogens (primary N) is 1. The number of ether oxygens (including phenoxy) is 1. The van der Waals surface area contributed by atoms with Crippen LogP contribution in [0.4, 0.5) is 0 Å². The first-order chi connectivity index (χ1) is 10.7. The van der Waals surface area contributed by atoms with Gasteiger partial charge in [0.15, 0.2) is 0 Å². The quantitative estimate of drug-likeness (QED) is 0.801. The van der Waals surface area contributed by atoms with Gasteiger partial charge in [0.1, 0.15) is 11.6 Å². The van der Waals surface area contributed by atoms with Crippen LogP contribution in [0.2, 0.25) is 0 Å². The van der Waals surface area contributed by atoms with Crippen LogP contribution in [-0.4, -0.2) is 45.2 Å². The zero-order valence-electron chi connectivity index (χ0n) is 13.6. The van der Waals surface area contributed by atoms with E-state index in [4.69, 9.17) is 10.5 Å². The fourth-order valence-corrected chi connectivity index (χ4v) is 2.79. The number of carboxylic acids is 1. The third-order valence-corrected chi connectivity index (χ3v) is 3.77. The second kappa shape index (κ2) is 6.64. The summed E-state index contributed by atoms with van der Waals surface area (Å²) in [6, 6.07) is 2.45. The molecule has 23 heavy (non-hydrogen) atoms. The molecule has 0 aromatic carbocycles. The molecule has 0 spiro atoms. The number of carbonyl (C=O) groups is 2. The van der Waals surface area contributed by atoms with Crippen LogP contribution in [0.15, 0.2) is 24.5 Å². The number of hydrogen-bond donors (Lipinski definition) is 2. The molecule has 7 heteroatoms. The summed E-state index contributed by atoms with van der Waals surface area (Å²) < 4.78 is 5.38. The van der Waals surface area contributed by atoms with E-state index in [0.717, 1.165) is 0 Å². The molecule has 0 saturated carbocycles. The Labute approximate surface area is 135 Å². The molecular weight excluding hydrogens is 298 g/mol. The van der Waals surface area contributed by atoms with Crippen LogP contribution in [0.1, 0.15) is 38.8 Å². The maximum atomic E-state index is 12.3. The van der Waals surface area contributed by atoms with Gasteiger partial charge in [-0.1, -0.05) is 6.07 Å². The first-order valence-corrected chi connectivity index (χ1v) is 7.57. The standard InChI is InChI=1S/C16H23N3O4/c1-16(2,3)23-15(22)11-6-8-19(13(11)17)12(14(20)21)10-5-4-7-18-9-10/h4-5,7,9,11-13H,6,8,17H2,1-3H3,(H,20,21). The van der Waals surface area contributed by atoms with E-state index >= 15 is 0 Å². The number of aliphatic carboxylic acids is 1. The number of nitrogens with zero attached hydrogens (tertiary/aromatic N) is 2. The normalized spacial score (nSPS) is 23.5. The summed E-state index contributed by atoms with van der Waals surface area (Å²) in [5.74, 6) is -1.94. The van der Waals surface area contributed by atoms with Gasteiger partial charge >= 0.3 is 11.9 Å². The summed E-state index contributed by atoms with van der Waals surface area (Å²) in [6.45, 7) is 5.79. The Morgan fingerprint density at radius 1 is 1.48 bits per heavy atom. The van der Waals surface area contributed by atoms with Crippen molar-refractivity contribution >= 4 is 11.9 Å². The summed E-state index contributed by atoms with van der Waals surface area (Å²) in [5, 5.41) is 9.58. The number of likely N-dealkylation sites (tertiary alicyclic amines) is 1. The summed E-state index contributed by atoms with van der Waals surface area (Å²) in [4.78, 5) is 29.5. The van der Waals surface area contributed by atoms with Crippen molar-refractivity contribution in [2.45, 2.75) is 45.0 Å². The first kappa shape index (κ1) is 17.4. The highest BCUT2D eigenvalue weighted by Crippen LogP contribution is 2.32. The average molecular weight is 321 g/mol. The van der Waals surface area contributed by atoms with Gasteiger partial charge in [-0.05, 0) is 38.8 Å². The third kappa shape index (κ3) is 4.05. The monoisotopic (exact) mass is 321 g/mol. The summed E-state index contributed by atoms with van der Waals surface area (Å²) >= 11 is 0. The van der Waals surface area contributed by atoms with E-state index in [-0.39, 0.29) is 5.97 Å². The van der Waals surface area contributed by atoms with Crippen LogP contribution in [0.3, 0.4) is 0 Å². The van der Waals surface area contributed by atoms with Gasteiger partial charge in [-0.2, -0.15) is 0 Å². The third-order valence-electron chi connectivity index (χ3n) is 3.77. The topological polar surface area (TPSA) is 106 Å². The highest BCUT2D eigenvalue weighted by molar-refractivity contribution is 5.77. The van der Waals surface area contributed by atoms with E-state index in [9.17, 15) is 14.7 Å². The van der Waals surface area contributed by atoms with Crippen molar-refractivity contribution in [3.63, 3.8) is 0 Å². The lowest BCUT2D eigenvalue weighted by atomic mass is 10.0. The van der Waals surface area contributed by atoms with E-state index in [1.165, 1.54) is 6.20 Å². The number of carbonyl (C=O) groups excluding carboxylic acids is 1. The molecule has 1 fully saturated rings. The molecule has 3 atom stereocenters. The van der Waals surface area contributed by atoms with Crippen molar-refractivity contribution in [2.24, 2.45) is 11.7 Å². The Kier molecular flexibility index (Phi) is 5.01. The molecule has 0 aliphatic carbocycles.